The van der Waals surface area contributed by atoms with Gasteiger partial charge >= 0.3 is 0 Å². The fraction of sp³-hybridized carbons (Fsp3) is 0.250. The van der Waals surface area contributed by atoms with Crippen molar-refractivity contribution in [2.45, 2.75) is 19.8 Å². The maximum absolute atomic E-state index is 12.6. The predicted molar refractivity (Wildman–Crippen MR) is 78.2 cm³/mol. The molecule has 0 fully saturated rings. The summed E-state index contributed by atoms with van der Waals surface area (Å²) in [5, 5.41) is 0. The highest BCUT2D eigenvalue weighted by Gasteiger charge is 2.24. The molecule has 0 unspecified atom stereocenters. The molecular formula is C16H16N2O2. The van der Waals surface area contributed by atoms with E-state index in [1.54, 1.807) is 6.07 Å². The molecule has 0 spiro atoms. The van der Waals surface area contributed by atoms with Crippen molar-refractivity contribution in [3.8, 4) is 0 Å². The Morgan fingerprint density at radius 2 is 2.10 bits per heavy atom. The third kappa shape index (κ3) is 2.13. The van der Waals surface area contributed by atoms with Gasteiger partial charge in [-0.2, -0.15) is 0 Å². The normalized spacial score (nSPS) is 13.9. The van der Waals surface area contributed by atoms with Crippen molar-refractivity contribution in [1.82, 2.24) is 4.98 Å². The quantitative estimate of drug-likeness (QED) is 0.862. The number of aryl methyl sites for hydroxylation is 2. The number of hydrogen-bond acceptors (Lipinski definition) is 2. The third-order valence-electron chi connectivity index (χ3n) is 3.70. The molecule has 1 aliphatic rings. The van der Waals surface area contributed by atoms with Crippen LogP contribution in [0.1, 0.15) is 27.9 Å². The molecule has 0 aliphatic carbocycles. The maximum atomic E-state index is 12.6. The molecule has 0 saturated heterocycles. The largest absolute Gasteiger partial charge is 0.328 e. The highest BCUT2D eigenvalue weighted by atomic mass is 16.2. The van der Waals surface area contributed by atoms with Crippen LogP contribution in [-0.2, 0) is 6.42 Å². The van der Waals surface area contributed by atoms with Gasteiger partial charge in [0.1, 0.15) is 0 Å². The average molecular weight is 268 g/mol. The van der Waals surface area contributed by atoms with E-state index in [1.807, 2.05) is 24.0 Å². The van der Waals surface area contributed by atoms with E-state index >= 15 is 0 Å². The number of amides is 1. The third-order valence-corrected chi connectivity index (χ3v) is 3.70. The molecule has 4 heteroatoms. The molecule has 2 aromatic rings. The average Bonchev–Trinajstić information content (AvgIpc) is 2.47. The molecule has 1 aromatic heterocycles. The van der Waals surface area contributed by atoms with Gasteiger partial charge in [0, 0.05) is 18.8 Å². The maximum Gasteiger partial charge on any atom is 0.259 e. The number of aromatic amines is 1. The highest BCUT2D eigenvalue weighted by Crippen LogP contribution is 2.31. The van der Waals surface area contributed by atoms with Gasteiger partial charge < -0.3 is 9.88 Å². The molecule has 102 valence electrons. The Morgan fingerprint density at radius 3 is 2.85 bits per heavy atom. The lowest BCUT2D eigenvalue weighted by Crippen LogP contribution is -2.36. The van der Waals surface area contributed by atoms with E-state index in [2.05, 4.69) is 11.1 Å². The number of carbonyl (C=O) groups excluding carboxylic acids is 1. The summed E-state index contributed by atoms with van der Waals surface area (Å²) in [5.74, 6) is -0.0588. The molecule has 20 heavy (non-hydrogen) atoms. The van der Waals surface area contributed by atoms with Crippen LogP contribution in [0.3, 0.4) is 0 Å². The van der Waals surface area contributed by atoms with Gasteiger partial charge in [-0.1, -0.05) is 18.2 Å². The Morgan fingerprint density at radius 1 is 1.25 bits per heavy atom. The molecule has 0 atom stereocenters. The van der Waals surface area contributed by atoms with E-state index in [1.165, 1.54) is 17.8 Å². The number of benzene rings is 1. The molecule has 1 aliphatic heterocycles. The monoisotopic (exact) mass is 268 g/mol. The van der Waals surface area contributed by atoms with Gasteiger partial charge in [0.2, 0.25) is 5.56 Å². The van der Waals surface area contributed by atoms with Crippen LogP contribution in [0.25, 0.3) is 0 Å². The molecule has 0 bridgehead atoms. The predicted octanol–water partition coefficient (Wildman–Crippen LogP) is 2.28. The minimum atomic E-state index is -0.197. The van der Waals surface area contributed by atoms with Gasteiger partial charge in [0.15, 0.2) is 0 Å². The Kier molecular flexibility index (Phi) is 3.14. The molecule has 4 nitrogen and oxygen atoms in total. The van der Waals surface area contributed by atoms with Crippen LogP contribution in [0, 0.1) is 6.92 Å². The van der Waals surface area contributed by atoms with Crippen LogP contribution >= 0.6 is 0 Å². The molecule has 1 N–H and O–H groups in total. The summed E-state index contributed by atoms with van der Waals surface area (Å²) < 4.78 is 0. The second-order valence-electron chi connectivity index (χ2n) is 5.08. The summed E-state index contributed by atoms with van der Waals surface area (Å²) in [6.45, 7) is 2.74. The van der Waals surface area contributed by atoms with E-state index in [4.69, 9.17) is 0 Å². The number of nitrogens with one attached hydrogen (secondary N) is 1. The van der Waals surface area contributed by atoms with Crippen molar-refractivity contribution in [2.75, 3.05) is 11.4 Å². The molecule has 1 aromatic carbocycles. The lowest BCUT2D eigenvalue weighted by atomic mass is 9.97. The summed E-state index contributed by atoms with van der Waals surface area (Å²) in [7, 11) is 0. The minimum absolute atomic E-state index is 0.0588. The Bertz CT molecular complexity index is 698. The summed E-state index contributed by atoms with van der Waals surface area (Å²) in [6.07, 6.45) is 3.45. The Hall–Kier alpha value is -2.36. The molecule has 0 saturated carbocycles. The van der Waals surface area contributed by atoms with E-state index in [-0.39, 0.29) is 11.5 Å². The first-order valence-electron chi connectivity index (χ1n) is 6.76. The zero-order valence-corrected chi connectivity index (χ0v) is 11.3. The van der Waals surface area contributed by atoms with Crippen molar-refractivity contribution in [2.24, 2.45) is 0 Å². The van der Waals surface area contributed by atoms with Crippen molar-refractivity contribution in [3.63, 3.8) is 0 Å². The highest BCUT2D eigenvalue weighted by molar-refractivity contribution is 6.07. The number of aromatic nitrogens is 1. The molecule has 3 rings (SSSR count). The van der Waals surface area contributed by atoms with Gasteiger partial charge in [-0.05, 0) is 37.0 Å². The van der Waals surface area contributed by atoms with Gasteiger partial charge in [-0.15, -0.1) is 0 Å². The fourth-order valence-electron chi connectivity index (χ4n) is 2.75. The summed E-state index contributed by atoms with van der Waals surface area (Å²) in [6, 6.07) is 9.09. The van der Waals surface area contributed by atoms with Crippen molar-refractivity contribution in [3.05, 3.63) is 63.6 Å². The van der Waals surface area contributed by atoms with Gasteiger partial charge in [0.25, 0.3) is 5.91 Å². The van der Waals surface area contributed by atoms with E-state index in [0.29, 0.717) is 5.56 Å². The molecule has 0 radical (unpaired) electrons. The topological polar surface area (TPSA) is 53.2 Å². The van der Waals surface area contributed by atoms with Crippen molar-refractivity contribution < 1.29 is 4.79 Å². The lowest BCUT2D eigenvalue weighted by Gasteiger charge is -2.31. The molecular weight excluding hydrogens is 252 g/mol. The number of anilines is 1. The Labute approximate surface area is 117 Å². The Balaban J connectivity index is 2.02. The van der Waals surface area contributed by atoms with Crippen molar-refractivity contribution in [1.29, 1.82) is 0 Å². The van der Waals surface area contributed by atoms with Crippen LogP contribution in [0.15, 0.2) is 41.3 Å². The van der Waals surface area contributed by atoms with E-state index in [9.17, 15) is 9.59 Å². The van der Waals surface area contributed by atoms with Gasteiger partial charge in [-0.25, -0.2) is 0 Å². The second-order valence-corrected chi connectivity index (χ2v) is 5.08. The SMILES string of the molecule is Cc1cccc2c1N(C(=O)c1ccc(=O)[nH]c1)CCC2. The summed E-state index contributed by atoms with van der Waals surface area (Å²) in [4.78, 5) is 28.1. The van der Waals surface area contributed by atoms with Crippen LogP contribution in [-0.4, -0.2) is 17.4 Å². The molecule has 1 amide bonds. The number of fused-ring (bicyclic) bond motifs is 1. The van der Waals surface area contributed by atoms with Crippen molar-refractivity contribution >= 4 is 11.6 Å². The van der Waals surface area contributed by atoms with Gasteiger partial charge in [-0.3, -0.25) is 9.59 Å². The molecule has 2 heterocycles. The minimum Gasteiger partial charge on any atom is -0.328 e. The number of rotatable bonds is 1. The summed E-state index contributed by atoms with van der Waals surface area (Å²) in [5.41, 5.74) is 3.67. The van der Waals surface area contributed by atoms with Crippen LogP contribution in [0.4, 0.5) is 5.69 Å². The smallest absolute Gasteiger partial charge is 0.259 e. The zero-order valence-electron chi connectivity index (χ0n) is 11.3. The number of pyridine rings is 1. The first kappa shape index (κ1) is 12.7. The first-order valence-corrected chi connectivity index (χ1v) is 6.76. The van der Waals surface area contributed by atoms with Crippen LogP contribution in [0.2, 0.25) is 0 Å². The van der Waals surface area contributed by atoms with E-state index < -0.39 is 0 Å². The number of nitrogens with zero attached hydrogens (tertiary/aromatic N) is 1. The van der Waals surface area contributed by atoms with Crippen LogP contribution in [0.5, 0.6) is 0 Å². The number of carbonyl (C=O) groups is 1. The number of H-pyrrole nitrogens is 1. The standard InChI is InChI=1S/C16H16N2O2/c1-11-4-2-5-12-6-3-9-18(15(11)12)16(20)13-7-8-14(19)17-10-13/h2,4-5,7-8,10H,3,6,9H2,1H3,(H,17,19). The fourth-order valence-corrected chi connectivity index (χ4v) is 2.75. The van der Waals surface area contributed by atoms with Crippen LogP contribution < -0.4 is 10.5 Å². The lowest BCUT2D eigenvalue weighted by molar-refractivity contribution is 0.0984. The first-order chi connectivity index (χ1) is 9.66. The van der Waals surface area contributed by atoms with Gasteiger partial charge in [0.05, 0.1) is 11.3 Å². The van der Waals surface area contributed by atoms with E-state index in [0.717, 1.165) is 30.6 Å². The number of para-hydroxylation sites is 1. The summed E-state index contributed by atoms with van der Waals surface area (Å²) >= 11 is 0. The number of hydrogen-bond donors (Lipinski definition) is 1. The zero-order chi connectivity index (χ0) is 14.1. The second kappa shape index (κ2) is 4.96.